The van der Waals surface area contributed by atoms with E-state index in [2.05, 4.69) is 15.9 Å². The number of ether oxygens (including phenoxy) is 1. The highest BCUT2D eigenvalue weighted by atomic mass is 127. The Morgan fingerprint density at radius 1 is 1.50 bits per heavy atom. The predicted molar refractivity (Wildman–Crippen MR) is 67.5 cm³/mol. The minimum Gasteiger partial charge on any atom is -0.492 e. The van der Waals surface area contributed by atoms with E-state index >= 15 is 0 Å². The van der Waals surface area contributed by atoms with Crippen LogP contribution in [-0.2, 0) is 0 Å². The van der Waals surface area contributed by atoms with E-state index in [1.165, 1.54) is 7.11 Å². The van der Waals surface area contributed by atoms with Crippen molar-refractivity contribution in [3.63, 3.8) is 0 Å². The maximum atomic E-state index is 13.7. The van der Waals surface area contributed by atoms with Crippen molar-refractivity contribution in [2.24, 2.45) is 0 Å². The van der Waals surface area contributed by atoms with Crippen molar-refractivity contribution in [3.05, 3.63) is 25.5 Å². The van der Waals surface area contributed by atoms with Gasteiger partial charge in [-0.2, -0.15) is 0 Å². The fraction of sp³-hybridized carbons (Fsp3) is 0.400. The van der Waals surface area contributed by atoms with Gasteiger partial charge < -0.3 is 4.74 Å². The van der Waals surface area contributed by atoms with Crippen molar-refractivity contribution in [1.82, 2.24) is 0 Å². The van der Waals surface area contributed by atoms with Gasteiger partial charge in [-0.25, -0.2) is 4.39 Å². The molecule has 0 unspecified atom stereocenters. The van der Waals surface area contributed by atoms with Crippen molar-refractivity contribution < 1.29 is 9.13 Å². The maximum absolute atomic E-state index is 13.7. The highest BCUT2D eigenvalue weighted by molar-refractivity contribution is 14.1. The quantitative estimate of drug-likeness (QED) is 0.554. The molecule has 0 aliphatic rings. The van der Waals surface area contributed by atoms with Crippen molar-refractivity contribution in [3.8, 4) is 5.75 Å². The Hall–Kier alpha value is 0.160. The highest BCUT2D eigenvalue weighted by Crippen LogP contribution is 2.36. The smallest absolute Gasteiger partial charge is 0.179 e. The van der Waals surface area contributed by atoms with Gasteiger partial charge in [-0.1, -0.05) is 13.8 Å². The summed E-state index contributed by atoms with van der Waals surface area (Å²) in [7, 11) is 1.47. The molecule has 0 aromatic heterocycles. The van der Waals surface area contributed by atoms with Gasteiger partial charge in [0.05, 0.1) is 15.2 Å². The highest BCUT2D eigenvalue weighted by Gasteiger charge is 2.17. The number of benzene rings is 1. The summed E-state index contributed by atoms with van der Waals surface area (Å²) in [6.07, 6.45) is 0. The average molecular weight is 373 g/mol. The fourth-order valence-corrected chi connectivity index (χ4v) is 2.81. The van der Waals surface area contributed by atoms with Gasteiger partial charge in [0.25, 0.3) is 0 Å². The van der Waals surface area contributed by atoms with Crippen LogP contribution in [0.4, 0.5) is 4.39 Å². The third kappa shape index (κ3) is 2.21. The molecule has 1 aromatic rings. The topological polar surface area (TPSA) is 9.23 Å². The molecule has 0 amide bonds. The van der Waals surface area contributed by atoms with Gasteiger partial charge in [-0.15, -0.1) is 0 Å². The van der Waals surface area contributed by atoms with E-state index in [0.29, 0.717) is 14.0 Å². The number of methoxy groups -OCH3 is 1. The Bertz CT molecular complexity index is 352. The first kappa shape index (κ1) is 12.2. The average Bonchev–Trinajstić information content (AvgIpc) is 2.12. The number of halogens is 3. The lowest BCUT2D eigenvalue weighted by molar-refractivity contribution is 0.381. The molecule has 78 valence electrons. The molecule has 0 atom stereocenters. The van der Waals surface area contributed by atoms with E-state index in [1.807, 2.05) is 42.5 Å². The largest absolute Gasteiger partial charge is 0.492 e. The van der Waals surface area contributed by atoms with E-state index in [9.17, 15) is 4.39 Å². The molecule has 0 heterocycles. The summed E-state index contributed by atoms with van der Waals surface area (Å²) in [5.74, 6) is 0.295. The van der Waals surface area contributed by atoms with Crippen molar-refractivity contribution in [1.29, 1.82) is 0 Å². The second-order valence-electron chi connectivity index (χ2n) is 3.26. The fourth-order valence-electron chi connectivity index (χ4n) is 1.20. The Balaban J connectivity index is 3.40. The van der Waals surface area contributed by atoms with Crippen molar-refractivity contribution in [2.75, 3.05) is 7.11 Å². The van der Waals surface area contributed by atoms with Crippen LogP contribution >= 0.6 is 38.5 Å². The third-order valence-corrected chi connectivity index (χ3v) is 3.66. The van der Waals surface area contributed by atoms with Crippen molar-refractivity contribution >= 4 is 38.5 Å². The summed E-state index contributed by atoms with van der Waals surface area (Å²) in [4.78, 5) is 0. The predicted octanol–water partition coefficient (Wildman–Crippen LogP) is 4.32. The van der Waals surface area contributed by atoms with Gasteiger partial charge in [-0.3, -0.25) is 0 Å². The lowest BCUT2D eigenvalue weighted by Crippen LogP contribution is -1.99. The van der Waals surface area contributed by atoms with Gasteiger partial charge in [0.15, 0.2) is 11.6 Å². The van der Waals surface area contributed by atoms with Crippen LogP contribution in [0.3, 0.4) is 0 Å². The van der Waals surface area contributed by atoms with Crippen molar-refractivity contribution in [2.45, 2.75) is 19.8 Å². The molecule has 0 bridgehead atoms. The summed E-state index contributed by atoms with van der Waals surface area (Å²) in [5.41, 5.74) is 0.996. The van der Waals surface area contributed by atoms with Crippen LogP contribution in [0.1, 0.15) is 25.3 Å². The molecule has 0 aliphatic heterocycles. The number of rotatable bonds is 2. The van der Waals surface area contributed by atoms with Crippen LogP contribution in [0.15, 0.2) is 10.5 Å². The molecule has 1 nitrogen and oxygen atoms in total. The second-order valence-corrected chi connectivity index (χ2v) is 5.20. The van der Waals surface area contributed by atoms with E-state index in [0.717, 1.165) is 5.56 Å². The molecular weight excluding hydrogens is 362 g/mol. The zero-order valence-electron chi connectivity index (χ0n) is 8.20. The van der Waals surface area contributed by atoms with Gasteiger partial charge in [0.2, 0.25) is 0 Å². The lowest BCUT2D eigenvalue weighted by atomic mass is 10.0. The van der Waals surface area contributed by atoms with Gasteiger partial charge in [0, 0.05) is 0 Å². The van der Waals surface area contributed by atoms with Crippen LogP contribution < -0.4 is 4.74 Å². The molecule has 0 aliphatic carbocycles. The molecule has 0 saturated heterocycles. The summed E-state index contributed by atoms with van der Waals surface area (Å²) >= 11 is 5.30. The number of hydrogen-bond acceptors (Lipinski definition) is 1. The molecule has 0 saturated carbocycles. The minimum atomic E-state index is -0.286. The van der Waals surface area contributed by atoms with Crippen LogP contribution in [0.5, 0.6) is 5.75 Å². The van der Waals surface area contributed by atoms with E-state index in [-0.39, 0.29) is 11.6 Å². The van der Waals surface area contributed by atoms with Gasteiger partial charge >= 0.3 is 0 Å². The normalized spacial score (nSPS) is 10.8. The molecule has 0 fully saturated rings. The Morgan fingerprint density at radius 2 is 2.07 bits per heavy atom. The molecular formula is C10H11BrFIO. The lowest BCUT2D eigenvalue weighted by Gasteiger charge is -2.13. The third-order valence-electron chi connectivity index (χ3n) is 1.97. The zero-order chi connectivity index (χ0) is 10.9. The first-order chi connectivity index (χ1) is 6.49. The van der Waals surface area contributed by atoms with Gasteiger partial charge in [0.1, 0.15) is 0 Å². The van der Waals surface area contributed by atoms with Crippen LogP contribution in [0, 0.1) is 9.39 Å². The number of hydrogen-bond donors (Lipinski definition) is 0. The minimum absolute atomic E-state index is 0.277. The first-order valence-corrected chi connectivity index (χ1v) is 6.07. The van der Waals surface area contributed by atoms with E-state index in [1.54, 1.807) is 0 Å². The molecule has 1 rings (SSSR count). The Labute approximate surface area is 105 Å². The van der Waals surface area contributed by atoms with E-state index < -0.39 is 0 Å². The SMILES string of the molecule is COc1c(Br)cc(C(C)C)c(I)c1F. The summed E-state index contributed by atoms with van der Waals surface area (Å²) in [5, 5.41) is 0. The van der Waals surface area contributed by atoms with E-state index in [4.69, 9.17) is 4.74 Å². The van der Waals surface area contributed by atoms with Crippen LogP contribution in [0.2, 0.25) is 0 Å². The maximum Gasteiger partial charge on any atom is 0.179 e. The zero-order valence-corrected chi connectivity index (χ0v) is 11.9. The molecule has 4 heteroatoms. The van der Waals surface area contributed by atoms with Crippen LogP contribution in [-0.4, -0.2) is 7.11 Å². The molecule has 0 spiro atoms. The van der Waals surface area contributed by atoms with Gasteiger partial charge in [-0.05, 0) is 56.1 Å². The summed E-state index contributed by atoms with van der Waals surface area (Å²) < 4.78 is 20.0. The molecule has 1 aromatic carbocycles. The molecule has 0 radical (unpaired) electrons. The monoisotopic (exact) mass is 372 g/mol. The van der Waals surface area contributed by atoms with Crippen LogP contribution in [0.25, 0.3) is 0 Å². The Morgan fingerprint density at radius 3 is 2.50 bits per heavy atom. The summed E-state index contributed by atoms with van der Waals surface area (Å²) in [6, 6.07) is 1.91. The second kappa shape index (κ2) is 4.79. The first-order valence-electron chi connectivity index (χ1n) is 4.20. The molecule has 14 heavy (non-hydrogen) atoms. The Kier molecular flexibility index (Phi) is 4.18. The standard InChI is InChI=1S/C10H11BrFIO/c1-5(2)6-4-7(11)10(14-3)8(12)9(6)13/h4-5H,1-3H3. The summed E-state index contributed by atoms with van der Waals surface area (Å²) in [6.45, 7) is 4.08. The molecule has 0 N–H and O–H groups in total.